The van der Waals surface area contributed by atoms with Crippen molar-refractivity contribution in [3.05, 3.63) is 91.1 Å². The van der Waals surface area contributed by atoms with Crippen molar-refractivity contribution in [1.82, 2.24) is 9.13 Å². The summed E-state index contributed by atoms with van der Waals surface area (Å²) in [5, 5.41) is 3.23. The largest absolute Gasteiger partial charge is 0.454 e. The van der Waals surface area contributed by atoms with Gasteiger partial charge in [-0.3, -0.25) is 18.7 Å². The molecular formula is C23H17N3O5. The zero-order valence-electron chi connectivity index (χ0n) is 16.8. The van der Waals surface area contributed by atoms with E-state index in [1.54, 1.807) is 25.2 Å². The van der Waals surface area contributed by atoms with Crippen LogP contribution in [0.25, 0.3) is 5.70 Å². The Morgan fingerprint density at radius 1 is 0.935 bits per heavy atom. The lowest BCUT2D eigenvalue weighted by Crippen LogP contribution is -2.42. The predicted molar refractivity (Wildman–Crippen MR) is 113 cm³/mol. The number of aromatic nitrogens is 2. The first-order valence-electron chi connectivity index (χ1n) is 9.82. The van der Waals surface area contributed by atoms with E-state index in [1.807, 2.05) is 24.3 Å². The average molecular weight is 415 g/mol. The van der Waals surface area contributed by atoms with Crippen molar-refractivity contribution in [2.75, 3.05) is 12.1 Å². The summed E-state index contributed by atoms with van der Waals surface area (Å²) >= 11 is 0. The lowest BCUT2D eigenvalue weighted by Gasteiger charge is -2.29. The van der Waals surface area contributed by atoms with Crippen molar-refractivity contribution in [3.8, 4) is 11.5 Å². The molecule has 0 radical (unpaired) electrons. The third-order valence-corrected chi connectivity index (χ3v) is 6.21. The van der Waals surface area contributed by atoms with Crippen LogP contribution in [0.2, 0.25) is 0 Å². The molecule has 2 aromatic carbocycles. The van der Waals surface area contributed by atoms with Crippen molar-refractivity contribution in [2.45, 2.75) is 5.92 Å². The number of rotatable bonds is 1. The quantitative estimate of drug-likeness (QED) is 0.654. The molecule has 1 unspecified atom stereocenters. The third kappa shape index (κ3) is 2.21. The van der Waals surface area contributed by atoms with Gasteiger partial charge in [-0.05, 0) is 17.7 Å². The Labute approximate surface area is 176 Å². The van der Waals surface area contributed by atoms with Gasteiger partial charge in [0.2, 0.25) is 6.79 Å². The number of carbonyl (C=O) groups is 1. The van der Waals surface area contributed by atoms with Gasteiger partial charge in [-0.25, -0.2) is 4.79 Å². The Hall–Kier alpha value is -4.07. The smallest absolute Gasteiger partial charge is 0.332 e. The fourth-order valence-corrected chi connectivity index (χ4v) is 4.68. The third-order valence-electron chi connectivity index (χ3n) is 6.21. The van der Waals surface area contributed by atoms with Gasteiger partial charge in [0.25, 0.3) is 5.56 Å². The molecule has 1 aliphatic carbocycles. The molecule has 6 rings (SSSR count). The molecule has 0 bridgehead atoms. The normalized spacial score (nSPS) is 17.9. The van der Waals surface area contributed by atoms with E-state index in [0.29, 0.717) is 39.7 Å². The van der Waals surface area contributed by atoms with Gasteiger partial charge in [0.15, 0.2) is 17.3 Å². The topological polar surface area (TPSA) is 91.6 Å². The minimum atomic E-state index is -0.661. The number of carbonyl (C=O) groups excluding carboxylic acids is 1. The summed E-state index contributed by atoms with van der Waals surface area (Å²) in [4.78, 5) is 39.4. The highest BCUT2D eigenvalue weighted by molar-refractivity contribution is 6.23. The number of hydrogen-bond acceptors (Lipinski definition) is 6. The molecular weight excluding hydrogens is 398 g/mol. The van der Waals surface area contributed by atoms with Crippen molar-refractivity contribution >= 4 is 17.3 Å². The van der Waals surface area contributed by atoms with Gasteiger partial charge in [0.05, 0.1) is 11.3 Å². The lowest BCUT2D eigenvalue weighted by molar-refractivity contribution is 0.103. The number of nitrogens with zero attached hydrogens (tertiary/aromatic N) is 2. The molecule has 0 saturated heterocycles. The summed E-state index contributed by atoms with van der Waals surface area (Å²) in [5.41, 5.74) is 2.63. The van der Waals surface area contributed by atoms with E-state index in [1.165, 1.54) is 11.6 Å². The molecule has 1 atom stereocenters. The molecule has 8 heteroatoms. The van der Waals surface area contributed by atoms with E-state index in [-0.39, 0.29) is 12.6 Å². The summed E-state index contributed by atoms with van der Waals surface area (Å²) < 4.78 is 13.4. The maximum atomic E-state index is 13.5. The maximum absolute atomic E-state index is 13.5. The number of ketones is 1. The minimum absolute atomic E-state index is 0.121. The van der Waals surface area contributed by atoms with Crippen LogP contribution < -0.4 is 26.0 Å². The first-order valence-corrected chi connectivity index (χ1v) is 9.82. The van der Waals surface area contributed by atoms with Crippen LogP contribution in [-0.4, -0.2) is 21.7 Å². The average Bonchev–Trinajstić information content (AvgIpc) is 3.37. The Kier molecular flexibility index (Phi) is 3.42. The maximum Gasteiger partial charge on any atom is 0.332 e. The first kappa shape index (κ1) is 17.8. The summed E-state index contributed by atoms with van der Waals surface area (Å²) in [6.07, 6.45) is 0. The van der Waals surface area contributed by atoms with E-state index in [4.69, 9.17) is 9.47 Å². The van der Waals surface area contributed by atoms with Crippen LogP contribution in [0.5, 0.6) is 11.5 Å². The lowest BCUT2D eigenvalue weighted by atomic mass is 9.81. The van der Waals surface area contributed by atoms with Gasteiger partial charge in [0, 0.05) is 36.7 Å². The van der Waals surface area contributed by atoms with E-state index in [9.17, 15) is 14.4 Å². The van der Waals surface area contributed by atoms with Gasteiger partial charge >= 0.3 is 5.69 Å². The van der Waals surface area contributed by atoms with Gasteiger partial charge in [-0.1, -0.05) is 30.3 Å². The fourth-order valence-electron chi connectivity index (χ4n) is 4.68. The molecule has 8 nitrogen and oxygen atoms in total. The first-order chi connectivity index (χ1) is 15.0. The molecule has 0 saturated carbocycles. The molecule has 3 aliphatic rings. The van der Waals surface area contributed by atoms with Gasteiger partial charge in [-0.2, -0.15) is 0 Å². The second-order valence-electron chi connectivity index (χ2n) is 7.80. The van der Waals surface area contributed by atoms with Crippen LogP contribution in [0.15, 0.2) is 57.6 Å². The zero-order valence-corrected chi connectivity index (χ0v) is 16.8. The highest BCUT2D eigenvalue weighted by Gasteiger charge is 2.43. The molecule has 154 valence electrons. The van der Waals surface area contributed by atoms with E-state index in [2.05, 4.69) is 5.32 Å². The number of anilines is 1. The summed E-state index contributed by atoms with van der Waals surface area (Å²) in [5.74, 6) is 0.762. The van der Waals surface area contributed by atoms with Crippen LogP contribution in [0.3, 0.4) is 0 Å². The number of fused-ring (bicyclic) bond motifs is 4. The highest BCUT2D eigenvalue weighted by atomic mass is 16.7. The molecule has 0 amide bonds. The second kappa shape index (κ2) is 5.98. The van der Waals surface area contributed by atoms with Crippen LogP contribution >= 0.6 is 0 Å². The number of nitrogens with one attached hydrogen (secondary N) is 1. The number of allylic oxidation sites excluding steroid dienone is 1. The Bertz CT molecular complexity index is 1480. The van der Waals surface area contributed by atoms with E-state index in [0.717, 1.165) is 15.7 Å². The molecule has 1 aromatic heterocycles. The van der Waals surface area contributed by atoms with Crippen molar-refractivity contribution in [3.63, 3.8) is 0 Å². The molecule has 2 aliphatic heterocycles. The van der Waals surface area contributed by atoms with Crippen molar-refractivity contribution in [2.24, 2.45) is 14.1 Å². The van der Waals surface area contributed by atoms with Crippen molar-refractivity contribution < 1.29 is 14.3 Å². The number of hydrogen-bond donors (Lipinski definition) is 1. The summed E-state index contributed by atoms with van der Waals surface area (Å²) in [6.45, 7) is 0.121. The monoisotopic (exact) mass is 415 g/mol. The van der Waals surface area contributed by atoms with Crippen LogP contribution in [0.4, 0.5) is 5.82 Å². The van der Waals surface area contributed by atoms with Gasteiger partial charge in [-0.15, -0.1) is 0 Å². The SMILES string of the molecule is Cn1c2c(c(=O)n(C)c1=O)C(c1ccc3c(c1)OCO3)C1=C(N2)c2ccccc2C1=O. The fraction of sp³-hybridized carbons (Fsp3) is 0.174. The van der Waals surface area contributed by atoms with Crippen LogP contribution in [0, 0.1) is 0 Å². The van der Waals surface area contributed by atoms with Gasteiger partial charge in [0.1, 0.15) is 5.82 Å². The van der Waals surface area contributed by atoms with E-state index < -0.39 is 17.2 Å². The summed E-state index contributed by atoms with van der Waals surface area (Å²) in [7, 11) is 3.05. The van der Waals surface area contributed by atoms with Crippen molar-refractivity contribution in [1.29, 1.82) is 0 Å². The van der Waals surface area contributed by atoms with E-state index >= 15 is 0 Å². The predicted octanol–water partition coefficient (Wildman–Crippen LogP) is 1.98. The zero-order chi connectivity index (χ0) is 21.4. The molecule has 1 N–H and O–H groups in total. The molecule has 3 heterocycles. The van der Waals surface area contributed by atoms with Gasteiger partial charge < -0.3 is 14.8 Å². The number of benzene rings is 2. The summed E-state index contributed by atoms with van der Waals surface area (Å²) in [6, 6.07) is 12.7. The minimum Gasteiger partial charge on any atom is -0.454 e. The van der Waals surface area contributed by atoms with Crippen LogP contribution in [-0.2, 0) is 14.1 Å². The number of ether oxygens (including phenoxy) is 2. The molecule has 31 heavy (non-hydrogen) atoms. The highest BCUT2D eigenvalue weighted by Crippen LogP contribution is 2.49. The molecule has 0 fully saturated rings. The second-order valence-corrected chi connectivity index (χ2v) is 7.80. The molecule has 3 aromatic rings. The Balaban J connectivity index is 1.70. The Morgan fingerprint density at radius 3 is 2.48 bits per heavy atom. The standard InChI is InChI=1S/C23H17N3O5/c1-25-21-18(22(28)26(2)23(25)29)16(11-7-8-14-15(9-11)31-10-30-14)17-19(24-21)12-5-3-4-6-13(12)20(17)27/h3-9,16,24H,10H2,1-2H3. The molecule has 0 spiro atoms. The number of Topliss-reactive ketones (excluding diaryl/α,β-unsaturated/α-hetero) is 1. The van der Waals surface area contributed by atoms with Crippen LogP contribution in [0.1, 0.15) is 33.0 Å². The Morgan fingerprint density at radius 2 is 1.68 bits per heavy atom.